The Labute approximate surface area is 156 Å². The zero-order valence-corrected chi connectivity index (χ0v) is 15.1. The van der Waals surface area contributed by atoms with E-state index in [1.165, 1.54) is 12.5 Å². The summed E-state index contributed by atoms with van der Waals surface area (Å²) in [6.07, 6.45) is 2.80. The molecule has 0 atom stereocenters. The number of benzene rings is 2. The lowest BCUT2D eigenvalue weighted by atomic mass is 10.0. The Balaban J connectivity index is 2.00. The van der Waals surface area contributed by atoms with Crippen molar-refractivity contribution in [2.75, 3.05) is 5.73 Å². The Hall–Kier alpha value is -3.23. The molecule has 0 radical (unpaired) electrons. The second-order valence-electron chi connectivity index (χ2n) is 6.02. The zero-order valence-electron chi connectivity index (χ0n) is 14.3. The molecule has 0 amide bonds. The van der Waals surface area contributed by atoms with Crippen molar-refractivity contribution in [3.8, 4) is 11.1 Å². The maximum Gasteiger partial charge on any atom is 0.269 e. The Morgan fingerprint density at radius 3 is 2.33 bits per heavy atom. The van der Waals surface area contributed by atoms with Crippen LogP contribution in [0.4, 0.5) is 5.82 Å². The van der Waals surface area contributed by atoms with Crippen molar-refractivity contribution >= 4 is 26.9 Å². The van der Waals surface area contributed by atoms with Crippen molar-refractivity contribution in [2.45, 2.75) is 11.4 Å². The average molecular weight is 379 g/mol. The van der Waals surface area contributed by atoms with E-state index < -0.39 is 10.0 Å². The van der Waals surface area contributed by atoms with Crippen LogP contribution in [0.15, 0.2) is 72.0 Å². The maximum absolute atomic E-state index is 13.1. The summed E-state index contributed by atoms with van der Waals surface area (Å²) in [7, 11) is -3.83. The SMILES string of the molecule is NCc1ccc(-c2cn(S(=O)(=O)c3ccccc3)c3ncnc(N)c23)cc1. The van der Waals surface area contributed by atoms with Gasteiger partial charge in [0, 0.05) is 18.3 Å². The number of aromatic nitrogens is 3. The van der Waals surface area contributed by atoms with Gasteiger partial charge in [-0.05, 0) is 23.3 Å². The lowest BCUT2D eigenvalue weighted by Gasteiger charge is -2.06. The number of hydrogen-bond donors (Lipinski definition) is 2. The Morgan fingerprint density at radius 2 is 1.67 bits per heavy atom. The molecule has 2 aromatic carbocycles. The molecule has 7 nitrogen and oxygen atoms in total. The molecule has 4 aromatic rings. The fraction of sp³-hybridized carbons (Fsp3) is 0.0526. The summed E-state index contributed by atoms with van der Waals surface area (Å²) < 4.78 is 27.5. The predicted octanol–water partition coefficient (Wildman–Crippen LogP) is 2.38. The first-order chi connectivity index (χ1) is 13.0. The molecule has 0 saturated carbocycles. The second kappa shape index (κ2) is 6.49. The van der Waals surface area contributed by atoms with Crippen molar-refractivity contribution in [2.24, 2.45) is 5.73 Å². The third-order valence-electron chi connectivity index (χ3n) is 4.38. The fourth-order valence-corrected chi connectivity index (χ4v) is 4.32. The van der Waals surface area contributed by atoms with E-state index in [2.05, 4.69) is 9.97 Å². The summed E-state index contributed by atoms with van der Waals surface area (Å²) >= 11 is 0. The number of anilines is 1. The van der Waals surface area contributed by atoms with Crippen LogP contribution in [0, 0.1) is 0 Å². The Morgan fingerprint density at radius 1 is 0.963 bits per heavy atom. The van der Waals surface area contributed by atoms with Gasteiger partial charge in [0.2, 0.25) is 0 Å². The van der Waals surface area contributed by atoms with Crippen molar-refractivity contribution < 1.29 is 8.42 Å². The van der Waals surface area contributed by atoms with Gasteiger partial charge in [-0.15, -0.1) is 0 Å². The normalized spacial score (nSPS) is 11.7. The van der Waals surface area contributed by atoms with Crippen LogP contribution in [-0.2, 0) is 16.6 Å². The molecule has 0 bridgehead atoms. The van der Waals surface area contributed by atoms with Crippen LogP contribution in [0.2, 0.25) is 0 Å². The number of rotatable bonds is 4. The van der Waals surface area contributed by atoms with E-state index in [0.717, 1.165) is 15.1 Å². The number of nitrogen functional groups attached to an aromatic ring is 1. The lowest BCUT2D eigenvalue weighted by Crippen LogP contribution is -2.12. The van der Waals surface area contributed by atoms with Gasteiger partial charge in [-0.25, -0.2) is 22.4 Å². The number of nitrogens with two attached hydrogens (primary N) is 2. The fourth-order valence-electron chi connectivity index (χ4n) is 2.99. The predicted molar refractivity (Wildman–Crippen MR) is 104 cm³/mol. The Kier molecular flexibility index (Phi) is 4.14. The standard InChI is InChI=1S/C19H17N5O2S/c20-10-13-6-8-14(9-7-13)16-11-24(19-17(16)18(21)22-12-23-19)27(25,26)15-4-2-1-3-5-15/h1-9,11-12H,10,20H2,(H2,21,22,23). The van der Waals surface area contributed by atoms with Gasteiger partial charge in [-0.1, -0.05) is 42.5 Å². The van der Waals surface area contributed by atoms with Crippen molar-refractivity contribution in [1.82, 2.24) is 13.9 Å². The quantitative estimate of drug-likeness (QED) is 0.562. The molecule has 0 spiro atoms. The minimum absolute atomic E-state index is 0.170. The van der Waals surface area contributed by atoms with Crippen molar-refractivity contribution in [1.29, 1.82) is 0 Å². The highest BCUT2D eigenvalue weighted by Gasteiger charge is 2.24. The van der Waals surface area contributed by atoms with Gasteiger partial charge in [0.1, 0.15) is 12.1 Å². The van der Waals surface area contributed by atoms with Crippen LogP contribution in [-0.4, -0.2) is 22.4 Å². The van der Waals surface area contributed by atoms with Crippen molar-refractivity contribution in [3.05, 3.63) is 72.7 Å². The van der Waals surface area contributed by atoms with Crippen LogP contribution in [0.1, 0.15) is 5.56 Å². The van der Waals surface area contributed by atoms with Crippen LogP contribution in [0.3, 0.4) is 0 Å². The molecule has 4 N–H and O–H groups in total. The lowest BCUT2D eigenvalue weighted by molar-refractivity contribution is 0.589. The topological polar surface area (TPSA) is 117 Å². The molecule has 136 valence electrons. The minimum atomic E-state index is -3.83. The summed E-state index contributed by atoms with van der Waals surface area (Å²) in [4.78, 5) is 8.39. The number of fused-ring (bicyclic) bond motifs is 1. The Bertz CT molecular complexity index is 1220. The van der Waals surface area contributed by atoms with Gasteiger partial charge in [-0.3, -0.25) is 0 Å². The molecule has 0 saturated heterocycles. The van der Waals surface area contributed by atoms with Crippen LogP contribution in [0.5, 0.6) is 0 Å². The van der Waals surface area contributed by atoms with E-state index in [4.69, 9.17) is 11.5 Å². The van der Waals surface area contributed by atoms with Gasteiger partial charge in [0.15, 0.2) is 5.65 Å². The van der Waals surface area contributed by atoms with E-state index in [0.29, 0.717) is 17.5 Å². The molecular weight excluding hydrogens is 362 g/mol. The summed E-state index contributed by atoms with van der Waals surface area (Å²) in [6, 6.07) is 15.7. The average Bonchev–Trinajstić information content (AvgIpc) is 3.10. The molecule has 8 heteroatoms. The summed E-state index contributed by atoms with van der Waals surface area (Å²) in [5.41, 5.74) is 14.4. The molecule has 27 heavy (non-hydrogen) atoms. The van der Waals surface area contributed by atoms with Crippen molar-refractivity contribution in [3.63, 3.8) is 0 Å². The van der Waals surface area contributed by atoms with E-state index in [-0.39, 0.29) is 16.4 Å². The van der Waals surface area contributed by atoms with E-state index in [9.17, 15) is 8.42 Å². The largest absolute Gasteiger partial charge is 0.383 e. The van der Waals surface area contributed by atoms with Gasteiger partial charge >= 0.3 is 0 Å². The van der Waals surface area contributed by atoms with Gasteiger partial charge in [0.05, 0.1) is 10.3 Å². The minimum Gasteiger partial charge on any atom is -0.383 e. The third kappa shape index (κ3) is 2.84. The summed E-state index contributed by atoms with van der Waals surface area (Å²) in [5.74, 6) is 0.222. The first kappa shape index (κ1) is 17.2. The number of hydrogen-bond acceptors (Lipinski definition) is 6. The van der Waals surface area contributed by atoms with E-state index in [1.54, 1.807) is 30.3 Å². The van der Waals surface area contributed by atoms with Crippen LogP contribution < -0.4 is 11.5 Å². The molecule has 0 aliphatic rings. The summed E-state index contributed by atoms with van der Waals surface area (Å²) in [6.45, 7) is 0.426. The first-order valence-corrected chi connectivity index (χ1v) is 9.68. The third-order valence-corrected chi connectivity index (χ3v) is 6.05. The van der Waals surface area contributed by atoms with Crippen LogP contribution in [0.25, 0.3) is 22.2 Å². The van der Waals surface area contributed by atoms with Gasteiger partial charge in [-0.2, -0.15) is 0 Å². The smallest absolute Gasteiger partial charge is 0.269 e. The highest BCUT2D eigenvalue weighted by Crippen LogP contribution is 2.34. The molecular formula is C19H17N5O2S. The zero-order chi connectivity index (χ0) is 19.0. The molecule has 2 heterocycles. The van der Waals surface area contributed by atoms with E-state index >= 15 is 0 Å². The molecule has 0 aliphatic heterocycles. The highest BCUT2D eigenvalue weighted by molar-refractivity contribution is 7.90. The van der Waals surface area contributed by atoms with E-state index in [1.807, 2.05) is 24.3 Å². The number of nitrogens with zero attached hydrogens (tertiary/aromatic N) is 3. The molecule has 2 aromatic heterocycles. The second-order valence-corrected chi connectivity index (χ2v) is 7.83. The van der Waals surface area contributed by atoms with Crippen LogP contribution >= 0.6 is 0 Å². The molecule has 4 rings (SSSR count). The first-order valence-electron chi connectivity index (χ1n) is 8.24. The summed E-state index contributed by atoms with van der Waals surface area (Å²) in [5, 5.41) is 0.498. The maximum atomic E-state index is 13.1. The van der Waals surface area contributed by atoms with Gasteiger partial charge < -0.3 is 11.5 Å². The van der Waals surface area contributed by atoms with Gasteiger partial charge in [0.25, 0.3) is 10.0 Å². The highest BCUT2D eigenvalue weighted by atomic mass is 32.2. The molecule has 0 aliphatic carbocycles. The molecule has 0 fully saturated rings. The monoisotopic (exact) mass is 379 g/mol. The molecule has 0 unspecified atom stereocenters.